The van der Waals surface area contributed by atoms with Crippen molar-refractivity contribution >= 4 is 12.1 Å². The van der Waals surface area contributed by atoms with Crippen molar-refractivity contribution in [2.45, 2.75) is 45.3 Å². The van der Waals surface area contributed by atoms with Crippen LogP contribution in [0, 0.1) is 0 Å². The van der Waals surface area contributed by atoms with Crippen LogP contribution in [-0.2, 0) is 11.8 Å². The van der Waals surface area contributed by atoms with E-state index >= 15 is 0 Å². The van der Waals surface area contributed by atoms with Gasteiger partial charge in [-0.1, -0.05) is 0 Å². The largest absolute Gasteiger partial charge is 1.00 e. The first-order chi connectivity index (χ1) is 10.2. The van der Waals surface area contributed by atoms with E-state index in [2.05, 4.69) is 5.32 Å². The minimum Gasteiger partial charge on any atom is -1.00 e. The summed E-state index contributed by atoms with van der Waals surface area (Å²) in [7, 11) is 1.88. The molecule has 0 radical (unpaired) electrons. The molecule has 0 unspecified atom stereocenters. The van der Waals surface area contributed by atoms with Gasteiger partial charge in [0.2, 0.25) is 0 Å². The third-order valence-corrected chi connectivity index (χ3v) is 3.48. The number of carbonyl (C=O) groups excluding carboxylic acids is 2. The summed E-state index contributed by atoms with van der Waals surface area (Å²) < 4.78 is 8.65. The van der Waals surface area contributed by atoms with Crippen LogP contribution < -0.4 is 33.9 Å². The second kappa shape index (κ2) is 7.98. The second-order valence-electron chi connectivity index (χ2n) is 6.68. The summed E-state index contributed by atoms with van der Waals surface area (Å²) >= 11 is 0. The number of rotatable bonds is 1. The lowest BCUT2D eigenvalue weighted by atomic mass is 10.1. The Morgan fingerprint density at radius 1 is 1.26 bits per heavy atom. The Morgan fingerprint density at radius 3 is 2.35 bits per heavy atom. The predicted octanol–water partition coefficient (Wildman–Crippen LogP) is -1.73. The Balaban J connectivity index is 0.00000264. The first kappa shape index (κ1) is 19.7. The molecule has 0 atom stereocenters. The lowest BCUT2D eigenvalue weighted by Gasteiger charge is -2.31. The number of aryl methyl sites for hydroxylation is 1. The van der Waals surface area contributed by atoms with Crippen molar-refractivity contribution in [3.63, 3.8) is 0 Å². The van der Waals surface area contributed by atoms with E-state index in [9.17, 15) is 9.59 Å². The molecule has 0 aromatic carbocycles. The van der Waals surface area contributed by atoms with Gasteiger partial charge in [0.15, 0.2) is 0 Å². The van der Waals surface area contributed by atoms with Crippen molar-refractivity contribution in [2.24, 2.45) is 7.05 Å². The number of likely N-dealkylation sites (tertiary alicyclic amines) is 1. The van der Waals surface area contributed by atoms with Gasteiger partial charge in [-0.25, -0.2) is 14.2 Å². The average molecular weight is 436 g/mol. The summed E-state index contributed by atoms with van der Waals surface area (Å²) in [6, 6.07) is 0.0241. The topological polar surface area (TPSA) is 67.5 Å². The number of hydrogen-bond acceptors (Lipinski definition) is 3. The predicted molar refractivity (Wildman–Crippen MR) is 80.4 cm³/mol. The first-order valence-electron chi connectivity index (χ1n) is 7.56. The maximum atomic E-state index is 12.3. The standard InChI is InChI=1S/C15H24N4O3.HI/c1-15(2,3)22-13(20)16-12-5-7-18(8-6-12)14(21)19-10-9-17(4)11-19;/h9-12H,5-8H2,1-4H3;1H. The highest BCUT2D eigenvalue weighted by Gasteiger charge is 2.28. The third-order valence-electron chi connectivity index (χ3n) is 3.48. The number of halogens is 1. The van der Waals surface area contributed by atoms with Gasteiger partial charge in [0.1, 0.15) is 18.0 Å². The van der Waals surface area contributed by atoms with E-state index in [4.69, 9.17) is 4.74 Å². The summed E-state index contributed by atoms with van der Waals surface area (Å²) in [6.07, 6.45) is 6.39. The summed E-state index contributed by atoms with van der Waals surface area (Å²) in [5.74, 6) is 0. The van der Waals surface area contributed by atoms with Gasteiger partial charge in [-0.05, 0) is 33.6 Å². The molecule has 2 heterocycles. The minimum absolute atomic E-state index is 0. The molecule has 0 bridgehead atoms. The average Bonchev–Trinajstić information content (AvgIpc) is 2.83. The van der Waals surface area contributed by atoms with Crippen LogP contribution in [0.1, 0.15) is 33.6 Å². The van der Waals surface area contributed by atoms with Gasteiger partial charge in [-0.2, -0.15) is 4.57 Å². The van der Waals surface area contributed by atoms with E-state index in [1.165, 1.54) is 0 Å². The van der Waals surface area contributed by atoms with Gasteiger partial charge in [0, 0.05) is 19.1 Å². The Labute approximate surface area is 154 Å². The molecule has 1 aromatic heterocycles. The fourth-order valence-electron chi connectivity index (χ4n) is 2.42. The monoisotopic (exact) mass is 436 g/mol. The third kappa shape index (κ3) is 6.00. The number of hydrogen-bond donors (Lipinski definition) is 1. The van der Waals surface area contributed by atoms with Crippen LogP contribution in [0.3, 0.4) is 0 Å². The summed E-state index contributed by atoms with van der Waals surface area (Å²) in [6.45, 7) is 6.77. The number of imidazole rings is 1. The number of aromatic nitrogens is 2. The summed E-state index contributed by atoms with van der Waals surface area (Å²) in [5.41, 5.74) is -0.495. The Morgan fingerprint density at radius 2 is 1.87 bits per heavy atom. The van der Waals surface area contributed by atoms with E-state index in [0.717, 1.165) is 12.8 Å². The van der Waals surface area contributed by atoms with Crippen molar-refractivity contribution in [1.82, 2.24) is 14.8 Å². The number of carbonyl (C=O) groups is 2. The number of alkyl carbamates (subject to hydrolysis) is 1. The van der Waals surface area contributed by atoms with Gasteiger partial charge in [-0.3, -0.25) is 0 Å². The van der Waals surface area contributed by atoms with Crippen LogP contribution in [0.4, 0.5) is 9.59 Å². The Hall–Kier alpha value is -1.32. The molecule has 1 aromatic rings. The van der Waals surface area contributed by atoms with Crippen LogP contribution in [-0.4, -0.2) is 46.3 Å². The van der Waals surface area contributed by atoms with Gasteiger partial charge in [0.05, 0.1) is 7.05 Å². The lowest BCUT2D eigenvalue weighted by molar-refractivity contribution is -0.670. The highest BCUT2D eigenvalue weighted by Crippen LogP contribution is 2.13. The molecule has 0 saturated carbocycles. The Bertz CT molecular complexity index is 545. The van der Waals surface area contributed by atoms with Crippen LogP contribution in [0.2, 0.25) is 0 Å². The molecular weight excluding hydrogens is 411 g/mol. The maximum Gasteiger partial charge on any atom is 0.415 e. The number of piperidine rings is 1. The maximum absolute atomic E-state index is 12.3. The molecule has 1 N–H and O–H groups in total. The number of ether oxygens (including phenoxy) is 1. The first-order valence-corrected chi connectivity index (χ1v) is 7.56. The smallest absolute Gasteiger partial charge is 0.415 e. The lowest BCUT2D eigenvalue weighted by Crippen LogP contribution is -3.00. The molecule has 1 aliphatic heterocycles. The fraction of sp³-hybridized carbons (Fsp3) is 0.667. The fourth-order valence-corrected chi connectivity index (χ4v) is 2.42. The van der Waals surface area contributed by atoms with Gasteiger partial charge >= 0.3 is 12.1 Å². The van der Waals surface area contributed by atoms with Crippen molar-refractivity contribution in [3.8, 4) is 0 Å². The van der Waals surface area contributed by atoms with Crippen molar-refractivity contribution in [2.75, 3.05) is 13.1 Å². The molecule has 1 fully saturated rings. The molecule has 0 aliphatic carbocycles. The minimum atomic E-state index is -0.495. The van der Waals surface area contributed by atoms with Crippen LogP contribution in [0.25, 0.3) is 0 Å². The number of nitrogens with one attached hydrogen (secondary N) is 1. The molecular formula is C15H25IN4O3. The van der Waals surface area contributed by atoms with E-state index in [1.807, 2.05) is 38.6 Å². The van der Waals surface area contributed by atoms with Crippen molar-refractivity contribution in [1.29, 1.82) is 0 Å². The number of amides is 2. The van der Waals surface area contributed by atoms with E-state index in [0.29, 0.717) is 13.1 Å². The van der Waals surface area contributed by atoms with Crippen molar-refractivity contribution < 1.29 is 42.9 Å². The van der Waals surface area contributed by atoms with Crippen LogP contribution in [0.15, 0.2) is 18.7 Å². The summed E-state index contributed by atoms with van der Waals surface area (Å²) in [4.78, 5) is 25.8. The zero-order chi connectivity index (χ0) is 16.3. The van der Waals surface area contributed by atoms with E-state index < -0.39 is 11.7 Å². The van der Waals surface area contributed by atoms with Crippen molar-refractivity contribution in [3.05, 3.63) is 18.7 Å². The van der Waals surface area contributed by atoms with Crippen LogP contribution in [0.5, 0.6) is 0 Å². The summed E-state index contributed by atoms with van der Waals surface area (Å²) in [5, 5.41) is 2.87. The molecule has 1 aliphatic rings. The molecule has 1 saturated heterocycles. The number of nitrogens with zero attached hydrogens (tertiary/aromatic N) is 3. The molecule has 2 amide bonds. The zero-order valence-corrected chi connectivity index (χ0v) is 16.2. The molecule has 130 valence electrons. The van der Waals surface area contributed by atoms with Gasteiger partial charge in [0.25, 0.3) is 6.33 Å². The van der Waals surface area contributed by atoms with Gasteiger partial charge < -0.3 is 38.9 Å². The highest BCUT2D eigenvalue weighted by atomic mass is 127. The molecule has 23 heavy (non-hydrogen) atoms. The molecule has 2 rings (SSSR count). The van der Waals surface area contributed by atoms with Gasteiger partial charge in [-0.15, -0.1) is 0 Å². The van der Waals surface area contributed by atoms with E-state index in [1.54, 1.807) is 22.0 Å². The highest BCUT2D eigenvalue weighted by molar-refractivity contribution is 5.76. The normalized spacial score (nSPS) is 15.7. The molecule has 8 heteroatoms. The molecule has 7 nitrogen and oxygen atoms in total. The quantitative estimate of drug-likeness (QED) is 0.421. The van der Waals surface area contributed by atoms with E-state index in [-0.39, 0.29) is 36.0 Å². The zero-order valence-electron chi connectivity index (χ0n) is 14.1. The van der Waals surface area contributed by atoms with Crippen LogP contribution >= 0.6 is 0 Å². The Kier molecular flexibility index (Phi) is 6.84. The molecule has 0 spiro atoms. The second-order valence-corrected chi connectivity index (χ2v) is 6.68. The SMILES string of the molecule is C[n+]1ccn(C(=O)N2CCC(NC(=O)OC(C)(C)C)CC2)c1.[I-].